The highest BCUT2D eigenvalue weighted by Crippen LogP contribution is 2.40. The van der Waals surface area contributed by atoms with Crippen molar-refractivity contribution >= 4 is 8.25 Å². The Hall–Kier alpha value is -1.28. The molecule has 3 nitrogen and oxygen atoms in total. The summed E-state index contributed by atoms with van der Waals surface area (Å²) in [6.07, 6.45) is 8.96. The second-order valence-corrected chi connectivity index (χ2v) is 7.46. The van der Waals surface area contributed by atoms with E-state index < -0.39 is 13.9 Å². The molecular weight excluding hydrogens is 331 g/mol. The van der Waals surface area contributed by atoms with E-state index in [0.717, 1.165) is 24.8 Å². The molecule has 0 aromatic heterocycles. The lowest BCUT2D eigenvalue weighted by Crippen LogP contribution is -2.25. The van der Waals surface area contributed by atoms with Gasteiger partial charge in [-0.2, -0.15) is 0 Å². The zero-order valence-corrected chi connectivity index (χ0v) is 17.1. The summed E-state index contributed by atoms with van der Waals surface area (Å²) < 4.78 is 16.6. The highest BCUT2D eigenvalue weighted by Gasteiger charge is 2.38. The predicted molar refractivity (Wildman–Crippen MR) is 106 cm³/mol. The van der Waals surface area contributed by atoms with Gasteiger partial charge in [0.2, 0.25) is 0 Å². The Kier molecular flexibility index (Phi) is 9.27. The minimum Gasteiger partial charge on any atom is -0.133 e. The third-order valence-corrected chi connectivity index (χ3v) is 5.16. The zero-order valence-electron chi connectivity index (χ0n) is 16.2. The Balaban J connectivity index is 2.78. The van der Waals surface area contributed by atoms with Crippen molar-refractivity contribution in [3.8, 4) is 0 Å². The second kappa shape index (κ2) is 10.7. The quantitative estimate of drug-likeness (QED) is 0.376. The van der Waals surface area contributed by atoms with E-state index >= 15 is 0 Å². The molecule has 4 heteroatoms. The van der Waals surface area contributed by atoms with Crippen molar-refractivity contribution in [1.29, 1.82) is 0 Å². The van der Waals surface area contributed by atoms with Crippen LogP contribution in [-0.2, 0) is 21.1 Å². The number of hydrogen-bond acceptors (Lipinski definition) is 2. The molecule has 0 radical (unpaired) electrons. The van der Waals surface area contributed by atoms with Gasteiger partial charge in [0.25, 0.3) is 0 Å². The highest BCUT2D eigenvalue weighted by atomic mass is 31.1. The van der Waals surface area contributed by atoms with Gasteiger partial charge in [0.15, 0.2) is 5.60 Å². The van der Waals surface area contributed by atoms with Gasteiger partial charge in [0.1, 0.15) is 0 Å². The van der Waals surface area contributed by atoms with Crippen LogP contribution in [0.25, 0.3) is 0 Å². The standard InChI is InChI=1S/C21H31O3P/c1-6-21(7-2,24-25(22)23)20-15-13-19(14-16-20)12-11-18(5)10-8-9-17(3)4/h9,11,13-16H,6-8,10,12H2,1-5H3/p+1. The van der Waals surface area contributed by atoms with Gasteiger partial charge in [-0.05, 0) is 64.0 Å². The SMILES string of the molecule is CCC(CC)(O[P+](=O)O)c1ccc(CC=C(C)CCC=C(C)C)cc1. The van der Waals surface area contributed by atoms with Gasteiger partial charge in [-0.1, -0.05) is 61.4 Å². The highest BCUT2D eigenvalue weighted by molar-refractivity contribution is 7.32. The van der Waals surface area contributed by atoms with Crippen molar-refractivity contribution in [2.75, 3.05) is 0 Å². The van der Waals surface area contributed by atoms with E-state index in [9.17, 15) is 9.46 Å². The van der Waals surface area contributed by atoms with Crippen LogP contribution >= 0.6 is 8.25 Å². The van der Waals surface area contributed by atoms with Gasteiger partial charge in [0.05, 0.1) is 0 Å². The number of benzene rings is 1. The van der Waals surface area contributed by atoms with Crippen molar-refractivity contribution < 1.29 is 14.0 Å². The fraction of sp³-hybridized carbons (Fsp3) is 0.524. The molecule has 1 aromatic carbocycles. The Morgan fingerprint density at radius 1 is 1.12 bits per heavy atom. The number of hydrogen-bond donors (Lipinski definition) is 1. The lowest BCUT2D eigenvalue weighted by Gasteiger charge is -2.25. The van der Waals surface area contributed by atoms with Crippen LogP contribution in [-0.4, -0.2) is 4.89 Å². The molecule has 1 N–H and O–H groups in total. The average molecular weight is 363 g/mol. The first-order valence-electron chi connectivity index (χ1n) is 9.06. The zero-order chi connectivity index (χ0) is 18.9. The molecule has 0 saturated heterocycles. The maximum Gasteiger partial charge on any atom is 0.695 e. The van der Waals surface area contributed by atoms with E-state index in [1.54, 1.807) is 0 Å². The first-order valence-corrected chi connectivity index (χ1v) is 10.2. The summed E-state index contributed by atoms with van der Waals surface area (Å²) in [6, 6.07) is 8.22. The van der Waals surface area contributed by atoms with Gasteiger partial charge in [-0.3, -0.25) is 0 Å². The number of allylic oxidation sites excluding steroid dienone is 4. The Labute approximate surface area is 153 Å². The molecule has 0 bridgehead atoms. The van der Waals surface area contributed by atoms with Crippen LogP contribution in [0.3, 0.4) is 0 Å². The van der Waals surface area contributed by atoms with Gasteiger partial charge in [-0.15, -0.1) is 9.42 Å². The molecule has 0 fully saturated rings. The average Bonchev–Trinajstić information content (AvgIpc) is 2.58. The van der Waals surface area contributed by atoms with E-state index in [0.29, 0.717) is 12.8 Å². The maximum atomic E-state index is 11.2. The molecule has 1 unspecified atom stereocenters. The summed E-state index contributed by atoms with van der Waals surface area (Å²) >= 11 is 0. The van der Waals surface area contributed by atoms with Crippen molar-refractivity contribution in [2.24, 2.45) is 0 Å². The van der Waals surface area contributed by atoms with Crippen LogP contribution in [0.2, 0.25) is 0 Å². The largest absolute Gasteiger partial charge is 0.695 e. The second-order valence-electron chi connectivity index (χ2n) is 6.80. The summed E-state index contributed by atoms with van der Waals surface area (Å²) in [4.78, 5) is 9.19. The van der Waals surface area contributed by atoms with Crippen molar-refractivity contribution in [2.45, 2.75) is 72.3 Å². The topological polar surface area (TPSA) is 46.5 Å². The summed E-state index contributed by atoms with van der Waals surface area (Å²) in [7, 11) is -2.62. The molecule has 0 aliphatic heterocycles. The fourth-order valence-electron chi connectivity index (χ4n) is 2.92. The van der Waals surface area contributed by atoms with E-state index in [4.69, 9.17) is 4.52 Å². The Bertz CT molecular complexity index is 607. The summed E-state index contributed by atoms with van der Waals surface area (Å²) in [5.74, 6) is 0. The van der Waals surface area contributed by atoms with Gasteiger partial charge in [0, 0.05) is 4.57 Å². The molecular formula is C21H32O3P+. The Morgan fingerprint density at radius 3 is 2.20 bits per heavy atom. The van der Waals surface area contributed by atoms with Gasteiger partial charge < -0.3 is 0 Å². The van der Waals surface area contributed by atoms with Crippen molar-refractivity contribution in [3.63, 3.8) is 0 Å². The fourth-order valence-corrected chi connectivity index (χ4v) is 3.58. The van der Waals surface area contributed by atoms with Crippen LogP contribution < -0.4 is 0 Å². The van der Waals surface area contributed by atoms with Crippen molar-refractivity contribution in [1.82, 2.24) is 0 Å². The molecule has 0 amide bonds. The predicted octanol–water partition coefficient (Wildman–Crippen LogP) is 6.60. The minimum absolute atomic E-state index is 0.661. The van der Waals surface area contributed by atoms with E-state index in [1.807, 2.05) is 26.0 Å². The van der Waals surface area contributed by atoms with Crippen LogP contribution in [0, 0.1) is 0 Å². The van der Waals surface area contributed by atoms with Gasteiger partial charge >= 0.3 is 8.25 Å². The van der Waals surface area contributed by atoms with Crippen LogP contribution in [0.4, 0.5) is 0 Å². The van der Waals surface area contributed by atoms with E-state index in [2.05, 4.69) is 45.1 Å². The normalized spacial score (nSPS) is 12.9. The summed E-state index contributed by atoms with van der Waals surface area (Å²) in [5.41, 5.74) is 4.28. The van der Waals surface area contributed by atoms with Crippen LogP contribution in [0.15, 0.2) is 47.6 Å². The monoisotopic (exact) mass is 363 g/mol. The molecule has 25 heavy (non-hydrogen) atoms. The molecule has 0 aliphatic carbocycles. The minimum atomic E-state index is -2.62. The molecule has 1 aromatic rings. The Morgan fingerprint density at radius 2 is 1.72 bits per heavy atom. The van der Waals surface area contributed by atoms with Crippen LogP contribution in [0.1, 0.15) is 71.4 Å². The molecule has 138 valence electrons. The first-order chi connectivity index (χ1) is 11.8. The van der Waals surface area contributed by atoms with Gasteiger partial charge in [-0.25, -0.2) is 0 Å². The third-order valence-electron chi connectivity index (χ3n) is 4.65. The number of rotatable bonds is 10. The maximum absolute atomic E-state index is 11.2. The lowest BCUT2D eigenvalue weighted by molar-refractivity contribution is 0.0536. The van der Waals surface area contributed by atoms with E-state index in [1.165, 1.54) is 16.7 Å². The molecule has 1 rings (SSSR count). The summed E-state index contributed by atoms with van der Waals surface area (Å²) in [6.45, 7) is 10.4. The van der Waals surface area contributed by atoms with Crippen molar-refractivity contribution in [3.05, 3.63) is 58.7 Å². The molecule has 0 heterocycles. The lowest BCUT2D eigenvalue weighted by atomic mass is 9.88. The third kappa shape index (κ3) is 7.23. The molecule has 1 atom stereocenters. The molecule has 0 aliphatic rings. The first kappa shape index (κ1) is 21.8. The smallest absolute Gasteiger partial charge is 0.133 e. The van der Waals surface area contributed by atoms with Crippen LogP contribution in [0.5, 0.6) is 0 Å². The summed E-state index contributed by atoms with van der Waals surface area (Å²) in [5, 5.41) is 0. The molecule has 0 saturated carbocycles. The van der Waals surface area contributed by atoms with E-state index in [-0.39, 0.29) is 0 Å². The molecule has 0 spiro atoms.